The summed E-state index contributed by atoms with van der Waals surface area (Å²) in [4.78, 5) is 26.6. The van der Waals surface area contributed by atoms with E-state index in [0.29, 0.717) is 42.5 Å². The second-order valence-corrected chi connectivity index (χ2v) is 9.93. The van der Waals surface area contributed by atoms with Gasteiger partial charge in [0.2, 0.25) is 10.0 Å². The van der Waals surface area contributed by atoms with Crippen molar-refractivity contribution in [2.75, 3.05) is 47.0 Å². The maximum Gasteiger partial charge on any atom is 0.259 e. The lowest BCUT2D eigenvalue weighted by molar-refractivity contribution is 0.0986. The van der Waals surface area contributed by atoms with E-state index < -0.39 is 10.0 Å². The lowest BCUT2D eigenvalue weighted by Gasteiger charge is -2.34. The van der Waals surface area contributed by atoms with Crippen LogP contribution < -0.4 is 14.1 Å². The minimum atomic E-state index is -3.35. The first-order valence-electron chi connectivity index (χ1n) is 10.2. The molecule has 0 atom stereocenters. The summed E-state index contributed by atoms with van der Waals surface area (Å²) < 4.78 is 25.7. The van der Waals surface area contributed by atoms with E-state index in [9.17, 15) is 13.2 Å². The number of amides is 1. The molecule has 0 radical (unpaired) electrons. The molecule has 2 aromatic carbocycles. The fraction of sp³-hybridized carbons (Fsp3) is 0.318. The average molecular weight is 438 g/mol. The summed E-state index contributed by atoms with van der Waals surface area (Å²) in [7, 11) is -1.40. The number of anilines is 3. The summed E-state index contributed by atoms with van der Waals surface area (Å²) in [6, 6.07) is 12.9. The van der Waals surface area contributed by atoms with Crippen LogP contribution in [0.2, 0.25) is 0 Å². The molecule has 2 aliphatic rings. The Labute approximate surface area is 181 Å². The Hall–Kier alpha value is -3.20. The molecular formula is C22H23N5O3S. The van der Waals surface area contributed by atoms with E-state index in [-0.39, 0.29) is 5.91 Å². The van der Waals surface area contributed by atoms with Crippen molar-refractivity contribution < 1.29 is 13.2 Å². The van der Waals surface area contributed by atoms with Crippen LogP contribution in [0.1, 0.15) is 22.3 Å². The standard InChI is InChI=1S/C22H23N5O3S/c1-25-12-13-26(21-20(25)23-17-7-3-4-8-18(17)24-21)22(28)16-9-10-19-15(14-16)6-5-11-27(19)31(2,29)30/h3-4,7-10,14H,5-6,11-13H2,1-2H3. The second kappa shape index (κ2) is 7.19. The second-order valence-electron chi connectivity index (χ2n) is 8.02. The van der Waals surface area contributed by atoms with Gasteiger partial charge in [-0.2, -0.15) is 0 Å². The van der Waals surface area contributed by atoms with Gasteiger partial charge in [0.05, 0.1) is 23.0 Å². The summed E-state index contributed by atoms with van der Waals surface area (Å²) in [6.07, 6.45) is 2.68. The number of para-hydroxylation sites is 2. The summed E-state index contributed by atoms with van der Waals surface area (Å²) in [5.74, 6) is 1.07. The molecule has 0 unspecified atom stereocenters. The highest BCUT2D eigenvalue weighted by Crippen LogP contribution is 2.34. The van der Waals surface area contributed by atoms with Gasteiger partial charge in [-0.1, -0.05) is 12.1 Å². The molecule has 0 N–H and O–H groups in total. The SMILES string of the molecule is CN1CCN(C(=O)c2ccc3c(c2)CCCN3S(C)(=O)=O)c2nc3ccccc3nc21. The largest absolute Gasteiger partial charge is 0.355 e. The summed E-state index contributed by atoms with van der Waals surface area (Å²) in [5.41, 5.74) is 3.59. The van der Waals surface area contributed by atoms with Crippen LogP contribution in [-0.2, 0) is 16.4 Å². The van der Waals surface area contributed by atoms with E-state index in [4.69, 9.17) is 9.97 Å². The summed E-state index contributed by atoms with van der Waals surface area (Å²) in [6.45, 7) is 1.62. The van der Waals surface area contributed by atoms with Crippen molar-refractivity contribution >= 4 is 44.3 Å². The van der Waals surface area contributed by atoms with Crippen molar-refractivity contribution in [3.8, 4) is 0 Å². The highest BCUT2D eigenvalue weighted by atomic mass is 32.2. The number of carbonyl (C=O) groups excluding carboxylic acids is 1. The molecule has 2 aliphatic heterocycles. The third-order valence-corrected chi connectivity index (χ3v) is 7.04. The average Bonchev–Trinajstić information content (AvgIpc) is 2.76. The maximum absolute atomic E-state index is 13.5. The van der Waals surface area contributed by atoms with Crippen LogP contribution >= 0.6 is 0 Å². The molecule has 1 amide bonds. The lowest BCUT2D eigenvalue weighted by Crippen LogP contribution is -2.44. The number of hydrogen-bond donors (Lipinski definition) is 0. The van der Waals surface area contributed by atoms with Gasteiger partial charge >= 0.3 is 0 Å². The Kier molecular flexibility index (Phi) is 4.58. The molecule has 9 heteroatoms. The Bertz CT molecular complexity index is 1310. The van der Waals surface area contributed by atoms with E-state index in [2.05, 4.69) is 0 Å². The monoisotopic (exact) mass is 437 g/mol. The van der Waals surface area contributed by atoms with Gasteiger partial charge in [-0.25, -0.2) is 18.4 Å². The van der Waals surface area contributed by atoms with Crippen molar-refractivity contribution in [3.63, 3.8) is 0 Å². The van der Waals surface area contributed by atoms with E-state index in [1.54, 1.807) is 17.0 Å². The van der Waals surface area contributed by atoms with Crippen LogP contribution in [0.25, 0.3) is 11.0 Å². The number of nitrogens with zero attached hydrogens (tertiary/aromatic N) is 5. The molecule has 8 nitrogen and oxygen atoms in total. The van der Waals surface area contributed by atoms with Crippen molar-refractivity contribution in [1.29, 1.82) is 0 Å². The number of hydrogen-bond acceptors (Lipinski definition) is 6. The molecule has 1 aromatic heterocycles. The fourth-order valence-electron chi connectivity index (χ4n) is 4.27. The Morgan fingerprint density at radius 2 is 1.68 bits per heavy atom. The van der Waals surface area contributed by atoms with Crippen molar-refractivity contribution in [1.82, 2.24) is 9.97 Å². The predicted octanol–water partition coefficient (Wildman–Crippen LogP) is 2.44. The molecule has 0 saturated carbocycles. The summed E-state index contributed by atoms with van der Waals surface area (Å²) in [5, 5.41) is 0. The highest BCUT2D eigenvalue weighted by molar-refractivity contribution is 7.92. The van der Waals surface area contributed by atoms with Gasteiger partial charge < -0.3 is 4.90 Å². The number of carbonyl (C=O) groups is 1. The van der Waals surface area contributed by atoms with Gasteiger partial charge in [-0.05, 0) is 48.7 Å². The van der Waals surface area contributed by atoms with E-state index >= 15 is 0 Å². The van der Waals surface area contributed by atoms with Gasteiger partial charge in [0.15, 0.2) is 11.6 Å². The van der Waals surface area contributed by atoms with Gasteiger partial charge in [0.25, 0.3) is 5.91 Å². The number of aromatic nitrogens is 2. The third kappa shape index (κ3) is 3.38. The van der Waals surface area contributed by atoms with Gasteiger partial charge in [0.1, 0.15) is 0 Å². The molecular weight excluding hydrogens is 414 g/mol. The van der Waals surface area contributed by atoms with Crippen LogP contribution in [-0.4, -0.2) is 57.2 Å². The molecule has 31 heavy (non-hydrogen) atoms. The number of sulfonamides is 1. The zero-order valence-electron chi connectivity index (χ0n) is 17.4. The fourth-order valence-corrected chi connectivity index (χ4v) is 5.27. The quantitative estimate of drug-likeness (QED) is 0.612. The van der Waals surface area contributed by atoms with Crippen molar-refractivity contribution in [2.24, 2.45) is 0 Å². The predicted molar refractivity (Wildman–Crippen MR) is 121 cm³/mol. The molecule has 0 bridgehead atoms. The smallest absolute Gasteiger partial charge is 0.259 e. The molecule has 160 valence electrons. The first kappa shape index (κ1) is 19.7. The number of benzene rings is 2. The highest BCUT2D eigenvalue weighted by Gasteiger charge is 2.31. The first-order chi connectivity index (χ1) is 14.8. The Morgan fingerprint density at radius 1 is 0.968 bits per heavy atom. The maximum atomic E-state index is 13.5. The van der Waals surface area contributed by atoms with Crippen LogP contribution in [0.15, 0.2) is 42.5 Å². The van der Waals surface area contributed by atoms with Crippen molar-refractivity contribution in [3.05, 3.63) is 53.6 Å². The number of likely N-dealkylation sites (N-methyl/N-ethyl adjacent to an activating group) is 1. The minimum Gasteiger partial charge on any atom is -0.355 e. The zero-order valence-corrected chi connectivity index (χ0v) is 18.3. The van der Waals surface area contributed by atoms with E-state index in [1.807, 2.05) is 42.3 Å². The van der Waals surface area contributed by atoms with Gasteiger partial charge in [-0.3, -0.25) is 14.0 Å². The van der Waals surface area contributed by atoms with E-state index in [1.165, 1.54) is 10.6 Å². The molecule has 0 spiro atoms. The van der Waals surface area contributed by atoms with Crippen LogP contribution in [0.4, 0.5) is 17.3 Å². The molecule has 0 aliphatic carbocycles. The number of fused-ring (bicyclic) bond motifs is 3. The first-order valence-corrected chi connectivity index (χ1v) is 12.1. The number of aryl methyl sites for hydroxylation is 1. The Balaban J connectivity index is 1.55. The molecule has 5 rings (SSSR count). The normalized spacial score (nSPS) is 16.3. The molecule has 3 aromatic rings. The number of rotatable bonds is 2. The van der Waals surface area contributed by atoms with Crippen LogP contribution in [0, 0.1) is 0 Å². The van der Waals surface area contributed by atoms with E-state index in [0.717, 1.165) is 29.4 Å². The van der Waals surface area contributed by atoms with Crippen LogP contribution in [0.5, 0.6) is 0 Å². The van der Waals surface area contributed by atoms with Gasteiger partial charge in [-0.15, -0.1) is 0 Å². The topological polar surface area (TPSA) is 86.7 Å². The third-order valence-electron chi connectivity index (χ3n) is 5.86. The minimum absolute atomic E-state index is 0.154. The molecule has 0 fully saturated rings. The van der Waals surface area contributed by atoms with Crippen molar-refractivity contribution in [2.45, 2.75) is 12.8 Å². The zero-order chi connectivity index (χ0) is 21.8. The summed E-state index contributed by atoms with van der Waals surface area (Å²) >= 11 is 0. The lowest BCUT2D eigenvalue weighted by atomic mass is 10.00. The molecule has 0 saturated heterocycles. The van der Waals surface area contributed by atoms with Crippen LogP contribution in [0.3, 0.4) is 0 Å². The Morgan fingerprint density at radius 3 is 2.39 bits per heavy atom. The molecule has 3 heterocycles. The van der Waals surface area contributed by atoms with Gasteiger partial charge in [0, 0.05) is 32.2 Å².